The summed E-state index contributed by atoms with van der Waals surface area (Å²) in [5.74, 6) is 2.32. The number of fused-ring (bicyclic) bond motifs is 1. The third kappa shape index (κ3) is 2.73. The van der Waals surface area contributed by atoms with Gasteiger partial charge in [0.1, 0.15) is 22.8 Å². The van der Waals surface area contributed by atoms with Gasteiger partial charge in [0.2, 0.25) is 0 Å². The van der Waals surface area contributed by atoms with E-state index >= 15 is 0 Å². The van der Waals surface area contributed by atoms with Crippen molar-refractivity contribution in [3.05, 3.63) is 23.5 Å². The summed E-state index contributed by atoms with van der Waals surface area (Å²) in [6.07, 6.45) is 0. The van der Waals surface area contributed by atoms with Gasteiger partial charge >= 0.3 is 0 Å². The molecule has 0 aliphatic rings. The van der Waals surface area contributed by atoms with Gasteiger partial charge in [-0.1, -0.05) is 6.92 Å². The largest absolute Gasteiger partial charge is 0.496 e. The highest BCUT2D eigenvalue weighted by Gasteiger charge is 2.19. The third-order valence-electron chi connectivity index (χ3n) is 3.19. The molecule has 1 heterocycles. The quantitative estimate of drug-likeness (QED) is 0.844. The second kappa shape index (κ2) is 6.63. The highest BCUT2D eigenvalue weighted by molar-refractivity contribution is 5.90. The van der Waals surface area contributed by atoms with E-state index in [1.165, 1.54) is 0 Å². The molecular formula is C15H21NO4. The van der Waals surface area contributed by atoms with Crippen molar-refractivity contribution >= 4 is 11.0 Å². The fourth-order valence-corrected chi connectivity index (χ4v) is 2.23. The Morgan fingerprint density at radius 2 is 1.95 bits per heavy atom. The van der Waals surface area contributed by atoms with E-state index in [1.807, 2.05) is 12.1 Å². The van der Waals surface area contributed by atoms with Crippen LogP contribution in [0.25, 0.3) is 11.0 Å². The van der Waals surface area contributed by atoms with Gasteiger partial charge in [0.15, 0.2) is 0 Å². The van der Waals surface area contributed by atoms with Crippen molar-refractivity contribution in [2.75, 3.05) is 27.9 Å². The van der Waals surface area contributed by atoms with Crippen molar-refractivity contribution in [3.63, 3.8) is 0 Å². The Morgan fingerprint density at radius 1 is 1.15 bits per heavy atom. The molecule has 5 heteroatoms. The van der Waals surface area contributed by atoms with Crippen LogP contribution in [0.1, 0.15) is 18.2 Å². The first kappa shape index (κ1) is 14.7. The summed E-state index contributed by atoms with van der Waals surface area (Å²) < 4.78 is 22.0. The van der Waals surface area contributed by atoms with Crippen LogP contribution < -0.4 is 14.8 Å². The monoisotopic (exact) mass is 279 g/mol. The second-order valence-corrected chi connectivity index (χ2v) is 4.42. The third-order valence-corrected chi connectivity index (χ3v) is 3.19. The zero-order valence-corrected chi connectivity index (χ0v) is 12.4. The summed E-state index contributed by atoms with van der Waals surface area (Å²) in [6.45, 7) is 4.08. The molecule has 20 heavy (non-hydrogen) atoms. The highest BCUT2D eigenvalue weighted by Crippen LogP contribution is 2.37. The molecule has 0 amide bonds. The van der Waals surface area contributed by atoms with Crippen LogP contribution in [-0.4, -0.2) is 27.9 Å². The van der Waals surface area contributed by atoms with Crippen molar-refractivity contribution in [2.45, 2.75) is 20.1 Å². The molecule has 0 saturated heterocycles. The molecule has 0 bridgehead atoms. The maximum Gasteiger partial charge on any atom is 0.142 e. The molecule has 0 fully saturated rings. The fraction of sp³-hybridized carbons (Fsp3) is 0.467. The molecule has 0 aliphatic heterocycles. The zero-order valence-electron chi connectivity index (χ0n) is 12.4. The summed E-state index contributed by atoms with van der Waals surface area (Å²) >= 11 is 0. The number of furan rings is 1. The summed E-state index contributed by atoms with van der Waals surface area (Å²) in [6, 6.07) is 3.72. The van der Waals surface area contributed by atoms with E-state index in [-0.39, 0.29) is 0 Å². The van der Waals surface area contributed by atoms with Gasteiger partial charge in [-0.15, -0.1) is 0 Å². The maximum absolute atomic E-state index is 5.94. The molecule has 1 aromatic carbocycles. The number of methoxy groups -OCH3 is 3. The van der Waals surface area contributed by atoms with Gasteiger partial charge in [0.25, 0.3) is 0 Å². The topological polar surface area (TPSA) is 52.9 Å². The minimum absolute atomic E-state index is 0.483. The zero-order chi connectivity index (χ0) is 14.5. The predicted octanol–water partition coefficient (Wildman–Crippen LogP) is 2.71. The van der Waals surface area contributed by atoms with E-state index in [9.17, 15) is 0 Å². The highest BCUT2D eigenvalue weighted by atomic mass is 16.5. The maximum atomic E-state index is 5.94. The second-order valence-electron chi connectivity index (χ2n) is 4.42. The first-order chi connectivity index (χ1) is 9.74. The smallest absolute Gasteiger partial charge is 0.142 e. The number of rotatable bonds is 7. The Morgan fingerprint density at radius 3 is 2.55 bits per heavy atom. The summed E-state index contributed by atoms with van der Waals surface area (Å²) in [5.41, 5.74) is 1.77. The molecule has 110 valence electrons. The first-order valence-electron chi connectivity index (χ1n) is 6.61. The Balaban J connectivity index is 2.59. The minimum Gasteiger partial charge on any atom is -0.496 e. The van der Waals surface area contributed by atoms with Gasteiger partial charge in [-0.2, -0.15) is 0 Å². The Labute approximate surface area is 118 Å². The number of hydrogen-bond acceptors (Lipinski definition) is 5. The standard InChI is InChI=1S/C15H21NO4/c1-5-16-8-14-11(9-17-2)15-12(19-4)6-10(18-3)7-13(15)20-14/h6-7,16H,5,8-9H2,1-4H3. The van der Waals surface area contributed by atoms with Crippen LogP contribution in [0.4, 0.5) is 0 Å². The molecule has 5 nitrogen and oxygen atoms in total. The number of benzene rings is 1. The molecule has 0 radical (unpaired) electrons. The molecule has 1 N–H and O–H groups in total. The van der Waals surface area contributed by atoms with Crippen LogP contribution in [0.2, 0.25) is 0 Å². The van der Waals surface area contributed by atoms with Gasteiger partial charge in [-0.05, 0) is 6.54 Å². The van der Waals surface area contributed by atoms with Crippen molar-refractivity contribution in [1.29, 1.82) is 0 Å². The van der Waals surface area contributed by atoms with E-state index in [2.05, 4.69) is 12.2 Å². The average Bonchev–Trinajstić information content (AvgIpc) is 2.82. The molecule has 1 aromatic heterocycles. The van der Waals surface area contributed by atoms with Crippen LogP contribution in [-0.2, 0) is 17.9 Å². The Bertz CT molecular complexity index is 577. The van der Waals surface area contributed by atoms with E-state index in [4.69, 9.17) is 18.6 Å². The number of hydrogen-bond donors (Lipinski definition) is 1. The van der Waals surface area contributed by atoms with E-state index < -0.39 is 0 Å². The van der Waals surface area contributed by atoms with E-state index in [1.54, 1.807) is 21.3 Å². The molecule has 0 spiro atoms. The predicted molar refractivity (Wildman–Crippen MR) is 77.4 cm³/mol. The molecule has 0 unspecified atom stereocenters. The minimum atomic E-state index is 0.483. The summed E-state index contributed by atoms with van der Waals surface area (Å²) in [4.78, 5) is 0. The fourth-order valence-electron chi connectivity index (χ4n) is 2.23. The molecule has 0 atom stereocenters. The SMILES string of the molecule is CCNCc1oc2cc(OC)cc(OC)c2c1COC. The van der Waals surface area contributed by atoms with E-state index in [0.29, 0.717) is 18.9 Å². The van der Waals surface area contributed by atoms with Crippen LogP contribution in [0.3, 0.4) is 0 Å². The van der Waals surface area contributed by atoms with Crippen molar-refractivity contribution in [1.82, 2.24) is 5.32 Å². The van der Waals surface area contributed by atoms with Gasteiger partial charge in [0, 0.05) is 24.8 Å². The molecule has 2 aromatic rings. The molecule has 2 rings (SSSR count). The summed E-state index contributed by atoms with van der Waals surface area (Å²) in [5, 5.41) is 4.22. The lowest BCUT2D eigenvalue weighted by molar-refractivity contribution is 0.183. The number of nitrogens with one attached hydrogen (secondary N) is 1. The Kier molecular flexibility index (Phi) is 4.87. The summed E-state index contributed by atoms with van der Waals surface area (Å²) in [7, 11) is 4.94. The van der Waals surface area contributed by atoms with Crippen molar-refractivity contribution in [3.8, 4) is 11.5 Å². The molecular weight excluding hydrogens is 258 g/mol. The van der Waals surface area contributed by atoms with Gasteiger partial charge in [0.05, 0.1) is 32.8 Å². The van der Waals surface area contributed by atoms with E-state index in [0.717, 1.165) is 34.6 Å². The van der Waals surface area contributed by atoms with Gasteiger partial charge in [-0.25, -0.2) is 0 Å². The average molecular weight is 279 g/mol. The lowest BCUT2D eigenvalue weighted by Crippen LogP contribution is -2.12. The van der Waals surface area contributed by atoms with Gasteiger partial charge < -0.3 is 23.9 Å². The van der Waals surface area contributed by atoms with Crippen LogP contribution in [0.15, 0.2) is 16.5 Å². The lowest BCUT2D eigenvalue weighted by atomic mass is 10.1. The van der Waals surface area contributed by atoms with Crippen LogP contribution in [0, 0.1) is 0 Å². The first-order valence-corrected chi connectivity index (χ1v) is 6.61. The Hall–Kier alpha value is -1.72. The van der Waals surface area contributed by atoms with Crippen molar-refractivity contribution in [2.24, 2.45) is 0 Å². The molecule has 0 saturated carbocycles. The van der Waals surface area contributed by atoms with Crippen LogP contribution >= 0.6 is 0 Å². The van der Waals surface area contributed by atoms with Crippen molar-refractivity contribution < 1.29 is 18.6 Å². The molecule has 0 aliphatic carbocycles. The lowest BCUT2D eigenvalue weighted by Gasteiger charge is -2.07. The normalized spacial score (nSPS) is 11.0. The number of ether oxygens (including phenoxy) is 3. The van der Waals surface area contributed by atoms with Crippen LogP contribution in [0.5, 0.6) is 11.5 Å². The van der Waals surface area contributed by atoms with Gasteiger partial charge in [-0.3, -0.25) is 0 Å².